The lowest BCUT2D eigenvalue weighted by atomic mass is 10.2. The van der Waals surface area contributed by atoms with Gasteiger partial charge >= 0.3 is 0 Å². The van der Waals surface area contributed by atoms with Crippen LogP contribution in [0.3, 0.4) is 0 Å². The molecular weight excluding hydrogens is 302 g/mol. The van der Waals surface area contributed by atoms with Gasteiger partial charge in [0.15, 0.2) is 5.13 Å². The van der Waals surface area contributed by atoms with Crippen molar-refractivity contribution in [3.8, 4) is 5.75 Å². The van der Waals surface area contributed by atoms with Crippen LogP contribution in [-0.2, 0) is 0 Å². The maximum absolute atomic E-state index is 5.58. The second-order valence-corrected chi connectivity index (χ2v) is 5.89. The molecule has 21 heavy (non-hydrogen) atoms. The average molecular weight is 315 g/mol. The van der Waals surface area contributed by atoms with Crippen molar-refractivity contribution >= 4 is 49.6 Å². The topological polar surface area (TPSA) is 60.2 Å². The summed E-state index contributed by atoms with van der Waals surface area (Å²) in [6.07, 6.45) is 0. The largest absolute Gasteiger partial charge is 0.497 e. The van der Waals surface area contributed by atoms with Crippen molar-refractivity contribution in [2.24, 2.45) is 5.73 Å². The van der Waals surface area contributed by atoms with Gasteiger partial charge in [-0.1, -0.05) is 23.6 Å². The quantitative estimate of drug-likeness (QED) is 0.719. The molecule has 0 unspecified atom stereocenters. The van der Waals surface area contributed by atoms with Crippen LogP contribution in [0.15, 0.2) is 42.5 Å². The number of ether oxygens (including phenoxy) is 1. The molecule has 0 amide bonds. The van der Waals surface area contributed by atoms with Crippen LogP contribution in [0.5, 0.6) is 5.75 Å². The predicted molar refractivity (Wildman–Crippen MR) is 91.8 cm³/mol. The molecule has 0 saturated heterocycles. The molecule has 0 fully saturated rings. The van der Waals surface area contributed by atoms with Gasteiger partial charge in [-0.25, -0.2) is 4.98 Å². The number of nitrogens with zero attached hydrogens (tertiary/aromatic N) is 1. The standard InChI is InChI=1S/C15H13N3OS2/c1-19-11-6-7-12-13(8-11)21-15(18-12)17-10-4-2-9(3-5-10)14(16)20/h2-8H,1H3,(H2,16,20)(H,17,18). The number of nitrogens with two attached hydrogens (primary N) is 1. The number of methoxy groups -OCH3 is 1. The molecular formula is C15H13N3OS2. The van der Waals surface area contributed by atoms with Gasteiger partial charge in [0.1, 0.15) is 10.7 Å². The van der Waals surface area contributed by atoms with E-state index in [-0.39, 0.29) is 0 Å². The zero-order chi connectivity index (χ0) is 14.8. The van der Waals surface area contributed by atoms with Crippen LogP contribution >= 0.6 is 23.6 Å². The summed E-state index contributed by atoms with van der Waals surface area (Å²) in [6, 6.07) is 13.5. The third kappa shape index (κ3) is 2.96. The molecule has 6 heteroatoms. The van der Waals surface area contributed by atoms with E-state index in [4.69, 9.17) is 22.7 Å². The van der Waals surface area contributed by atoms with Crippen LogP contribution in [-0.4, -0.2) is 17.1 Å². The highest BCUT2D eigenvalue weighted by molar-refractivity contribution is 7.80. The molecule has 1 aromatic heterocycles. The van der Waals surface area contributed by atoms with Gasteiger partial charge < -0.3 is 15.8 Å². The maximum Gasteiger partial charge on any atom is 0.188 e. The predicted octanol–water partition coefficient (Wildman–Crippen LogP) is 3.68. The molecule has 0 aliphatic rings. The number of hydrogen-bond donors (Lipinski definition) is 2. The number of aromatic nitrogens is 1. The van der Waals surface area contributed by atoms with Crippen molar-refractivity contribution in [1.29, 1.82) is 0 Å². The fourth-order valence-electron chi connectivity index (χ4n) is 1.93. The summed E-state index contributed by atoms with van der Waals surface area (Å²) in [5.41, 5.74) is 8.33. The zero-order valence-corrected chi connectivity index (χ0v) is 12.9. The van der Waals surface area contributed by atoms with E-state index in [1.165, 1.54) is 0 Å². The summed E-state index contributed by atoms with van der Waals surface area (Å²) >= 11 is 6.52. The Morgan fingerprint density at radius 1 is 1.24 bits per heavy atom. The lowest BCUT2D eigenvalue weighted by molar-refractivity contribution is 0.415. The SMILES string of the molecule is COc1ccc2nc(Nc3ccc(C(N)=S)cc3)sc2c1. The molecule has 0 spiro atoms. The van der Waals surface area contributed by atoms with E-state index < -0.39 is 0 Å². The van der Waals surface area contributed by atoms with E-state index in [0.717, 1.165) is 32.3 Å². The first kappa shape index (κ1) is 13.8. The van der Waals surface area contributed by atoms with Crippen LogP contribution < -0.4 is 15.8 Å². The van der Waals surface area contributed by atoms with Crippen LogP contribution in [0, 0.1) is 0 Å². The van der Waals surface area contributed by atoms with Crippen molar-refractivity contribution in [1.82, 2.24) is 4.98 Å². The van der Waals surface area contributed by atoms with Gasteiger partial charge in [-0.3, -0.25) is 0 Å². The van der Waals surface area contributed by atoms with E-state index in [1.54, 1.807) is 18.4 Å². The van der Waals surface area contributed by atoms with Crippen molar-refractivity contribution in [3.63, 3.8) is 0 Å². The highest BCUT2D eigenvalue weighted by Gasteiger charge is 2.05. The number of nitrogens with one attached hydrogen (secondary N) is 1. The first-order chi connectivity index (χ1) is 10.2. The lowest BCUT2D eigenvalue weighted by Gasteiger charge is -2.03. The normalized spacial score (nSPS) is 10.5. The molecule has 0 aliphatic carbocycles. The molecule has 1 heterocycles. The van der Waals surface area contributed by atoms with E-state index in [0.29, 0.717) is 4.99 Å². The minimum atomic E-state index is 0.397. The maximum atomic E-state index is 5.58. The first-order valence-electron chi connectivity index (χ1n) is 6.27. The molecule has 106 valence electrons. The summed E-state index contributed by atoms with van der Waals surface area (Å²) in [7, 11) is 1.66. The van der Waals surface area contributed by atoms with Gasteiger partial charge in [-0.2, -0.15) is 0 Å². The highest BCUT2D eigenvalue weighted by atomic mass is 32.1. The molecule has 4 nitrogen and oxygen atoms in total. The molecule has 0 atom stereocenters. The monoisotopic (exact) mass is 315 g/mol. The van der Waals surface area contributed by atoms with Gasteiger partial charge in [-0.15, -0.1) is 0 Å². The molecule has 2 aromatic carbocycles. The fraction of sp³-hybridized carbons (Fsp3) is 0.0667. The molecule has 3 N–H and O–H groups in total. The summed E-state index contributed by atoms with van der Waals surface area (Å²) in [5.74, 6) is 0.832. The first-order valence-corrected chi connectivity index (χ1v) is 7.49. The van der Waals surface area contributed by atoms with Gasteiger partial charge in [0, 0.05) is 11.3 Å². The van der Waals surface area contributed by atoms with Crippen molar-refractivity contribution in [3.05, 3.63) is 48.0 Å². The summed E-state index contributed by atoms with van der Waals surface area (Å²) in [4.78, 5) is 4.94. The third-order valence-corrected chi connectivity index (χ3v) is 4.19. The van der Waals surface area contributed by atoms with E-state index in [9.17, 15) is 0 Å². The van der Waals surface area contributed by atoms with Gasteiger partial charge in [0.05, 0.1) is 17.3 Å². The second kappa shape index (κ2) is 5.67. The highest BCUT2D eigenvalue weighted by Crippen LogP contribution is 2.30. The number of benzene rings is 2. The smallest absolute Gasteiger partial charge is 0.188 e. The van der Waals surface area contributed by atoms with Gasteiger partial charge in [-0.05, 0) is 42.5 Å². The third-order valence-electron chi connectivity index (χ3n) is 3.02. The van der Waals surface area contributed by atoms with Gasteiger partial charge in [0.25, 0.3) is 0 Å². The Balaban J connectivity index is 1.85. The zero-order valence-electron chi connectivity index (χ0n) is 11.3. The molecule has 0 saturated carbocycles. The number of rotatable bonds is 4. The number of hydrogen-bond acceptors (Lipinski definition) is 5. The Labute approximate surface area is 131 Å². The second-order valence-electron chi connectivity index (χ2n) is 4.42. The lowest BCUT2D eigenvalue weighted by Crippen LogP contribution is -2.08. The van der Waals surface area contributed by atoms with Crippen molar-refractivity contribution in [2.45, 2.75) is 0 Å². The fourth-order valence-corrected chi connectivity index (χ4v) is 2.98. The van der Waals surface area contributed by atoms with Crippen LogP contribution in [0.1, 0.15) is 5.56 Å². The molecule has 3 rings (SSSR count). The average Bonchev–Trinajstić information content (AvgIpc) is 2.88. The minimum Gasteiger partial charge on any atom is -0.497 e. The van der Waals surface area contributed by atoms with E-state index >= 15 is 0 Å². The summed E-state index contributed by atoms with van der Waals surface area (Å²) < 4.78 is 6.30. The number of anilines is 2. The van der Waals surface area contributed by atoms with E-state index in [1.807, 2.05) is 42.5 Å². The summed E-state index contributed by atoms with van der Waals surface area (Å²) in [5, 5.41) is 4.11. The van der Waals surface area contributed by atoms with E-state index in [2.05, 4.69) is 10.3 Å². The van der Waals surface area contributed by atoms with Crippen molar-refractivity contribution < 1.29 is 4.74 Å². The number of thiazole rings is 1. The Morgan fingerprint density at radius 3 is 2.67 bits per heavy atom. The Morgan fingerprint density at radius 2 is 2.00 bits per heavy atom. The van der Waals surface area contributed by atoms with Crippen molar-refractivity contribution in [2.75, 3.05) is 12.4 Å². The molecule has 0 aliphatic heterocycles. The Hall–Kier alpha value is -2.18. The molecule has 0 bridgehead atoms. The number of fused-ring (bicyclic) bond motifs is 1. The van der Waals surface area contributed by atoms with Crippen LogP contribution in [0.25, 0.3) is 10.2 Å². The van der Waals surface area contributed by atoms with Crippen LogP contribution in [0.2, 0.25) is 0 Å². The van der Waals surface area contributed by atoms with Crippen LogP contribution in [0.4, 0.5) is 10.8 Å². The number of thiocarbonyl (C=S) groups is 1. The minimum absolute atomic E-state index is 0.397. The Bertz CT molecular complexity index is 796. The molecule has 0 radical (unpaired) electrons. The summed E-state index contributed by atoms with van der Waals surface area (Å²) in [6.45, 7) is 0. The Kier molecular flexibility index (Phi) is 3.72. The van der Waals surface area contributed by atoms with Gasteiger partial charge in [0.2, 0.25) is 0 Å². The molecule has 3 aromatic rings.